The summed E-state index contributed by atoms with van der Waals surface area (Å²) in [5, 5.41) is 15.3. The van der Waals surface area contributed by atoms with E-state index in [9.17, 15) is 19.5 Å². The van der Waals surface area contributed by atoms with E-state index in [0.29, 0.717) is 32.4 Å². The van der Waals surface area contributed by atoms with Crippen LogP contribution in [0.1, 0.15) is 44.6 Å². The smallest absolute Gasteiger partial charge is 0.245 e. The van der Waals surface area contributed by atoms with Gasteiger partial charge in [0.05, 0.1) is 17.9 Å². The molecule has 1 spiro atoms. The number of ether oxygens (including phenoxy) is 1. The molecule has 0 aliphatic carbocycles. The van der Waals surface area contributed by atoms with Crippen molar-refractivity contribution in [2.45, 2.75) is 63.3 Å². The molecular weight excluding hydrogens is 410 g/mol. The van der Waals surface area contributed by atoms with E-state index < -0.39 is 23.5 Å². The van der Waals surface area contributed by atoms with Crippen molar-refractivity contribution in [2.24, 2.45) is 11.8 Å². The molecule has 3 N–H and O–H groups in total. The van der Waals surface area contributed by atoms with Crippen LogP contribution in [0.15, 0.2) is 30.3 Å². The van der Waals surface area contributed by atoms with Gasteiger partial charge in [-0.05, 0) is 31.2 Å². The molecule has 2 bridgehead atoms. The maximum Gasteiger partial charge on any atom is 0.245 e. The molecule has 8 nitrogen and oxygen atoms in total. The molecule has 174 valence electrons. The average Bonchev–Trinajstić information content (AvgIpc) is 3.44. The first-order valence-electron chi connectivity index (χ1n) is 11.7. The molecule has 3 saturated heterocycles. The number of unbranched alkanes of at least 4 members (excludes halogenated alkanes) is 1. The minimum atomic E-state index is -0.970. The summed E-state index contributed by atoms with van der Waals surface area (Å²) in [6.07, 6.45) is 3.06. The molecule has 0 saturated carbocycles. The van der Waals surface area contributed by atoms with E-state index >= 15 is 0 Å². The van der Waals surface area contributed by atoms with E-state index in [1.165, 1.54) is 0 Å². The molecule has 3 heterocycles. The molecule has 3 amide bonds. The quantitative estimate of drug-likeness (QED) is 0.467. The lowest BCUT2D eigenvalue weighted by atomic mass is 9.70. The highest BCUT2D eigenvalue weighted by Gasteiger charge is 2.74. The Morgan fingerprint density at radius 3 is 2.69 bits per heavy atom. The van der Waals surface area contributed by atoms with Crippen molar-refractivity contribution in [1.29, 1.82) is 0 Å². The molecule has 5 atom stereocenters. The predicted octanol–water partition coefficient (Wildman–Crippen LogP) is 0.976. The lowest BCUT2D eigenvalue weighted by Gasteiger charge is -2.33. The van der Waals surface area contributed by atoms with E-state index in [1.54, 1.807) is 4.90 Å². The molecule has 3 aliphatic heterocycles. The van der Waals surface area contributed by atoms with Crippen LogP contribution in [-0.4, -0.2) is 65.2 Å². The highest BCUT2D eigenvalue weighted by Crippen LogP contribution is 2.58. The first-order valence-corrected chi connectivity index (χ1v) is 11.7. The van der Waals surface area contributed by atoms with Gasteiger partial charge < -0.3 is 25.4 Å². The second-order valence-corrected chi connectivity index (χ2v) is 9.01. The van der Waals surface area contributed by atoms with Gasteiger partial charge in [0, 0.05) is 26.2 Å². The number of amides is 3. The number of aliphatic hydroxyl groups is 1. The SMILES string of the molecule is CCCCNC(=O)C1N(CCCO)C(=O)[C@@H]2[C@@H](C(=O)NCc3ccccc3)[C@H]3CCC12O3. The molecule has 1 aromatic carbocycles. The van der Waals surface area contributed by atoms with Gasteiger partial charge in [0.2, 0.25) is 17.7 Å². The van der Waals surface area contributed by atoms with Gasteiger partial charge >= 0.3 is 0 Å². The fourth-order valence-electron chi connectivity index (χ4n) is 5.62. The zero-order chi connectivity index (χ0) is 22.7. The fourth-order valence-corrected chi connectivity index (χ4v) is 5.62. The van der Waals surface area contributed by atoms with Crippen LogP contribution < -0.4 is 10.6 Å². The van der Waals surface area contributed by atoms with Crippen molar-refractivity contribution in [2.75, 3.05) is 19.7 Å². The molecule has 8 heteroatoms. The molecule has 4 rings (SSSR count). The minimum Gasteiger partial charge on any atom is -0.396 e. The first kappa shape index (κ1) is 22.7. The number of hydrogen-bond acceptors (Lipinski definition) is 5. The van der Waals surface area contributed by atoms with Gasteiger partial charge in [-0.1, -0.05) is 43.7 Å². The highest BCUT2D eigenvalue weighted by molar-refractivity contribution is 5.98. The Hall–Kier alpha value is -2.45. The Labute approximate surface area is 188 Å². The van der Waals surface area contributed by atoms with Crippen molar-refractivity contribution in [3.05, 3.63) is 35.9 Å². The highest BCUT2D eigenvalue weighted by atomic mass is 16.5. The Morgan fingerprint density at radius 1 is 1.19 bits per heavy atom. The predicted molar refractivity (Wildman–Crippen MR) is 117 cm³/mol. The van der Waals surface area contributed by atoms with Crippen molar-refractivity contribution >= 4 is 17.7 Å². The molecule has 3 fully saturated rings. The van der Waals surface area contributed by atoms with Crippen LogP contribution in [0.2, 0.25) is 0 Å². The third-order valence-electron chi connectivity index (χ3n) is 7.05. The van der Waals surface area contributed by atoms with Crippen LogP contribution in [0.4, 0.5) is 0 Å². The number of aliphatic hydroxyl groups excluding tert-OH is 1. The zero-order valence-corrected chi connectivity index (χ0v) is 18.6. The lowest BCUT2D eigenvalue weighted by Crippen LogP contribution is -2.55. The number of nitrogens with zero attached hydrogens (tertiary/aromatic N) is 1. The maximum atomic E-state index is 13.5. The minimum absolute atomic E-state index is 0.0733. The van der Waals surface area contributed by atoms with Crippen LogP contribution in [-0.2, 0) is 25.7 Å². The summed E-state index contributed by atoms with van der Waals surface area (Å²) in [5.41, 5.74) is 0.0116. The standard InChI is InChI=1S/C24H33N3O5/c1-2-3-12-25-22(30)20-24-11-10-17(32-24)18(19(24)23(31)27(20)13-7-14-28)21(29)26-15-16-8-5-4-6-9-16/h4-6,8-9,17-20,28H,2-3,7,10-15H2,1H3,(H,25,30)(H,26,29)/t17-,18+,19+,20?,24?/m1/s1. The largest absolute Gasteiger partial charge is 0.396 e. The van der Waals surface area contributed by atoms with Crippen molar-refractivity contribution in [3.8, 4) is 0 Å². The molecule has 0 radical (unpaired) electrons. The van der Waals surface area contributed by atoms with Crippen molar-refractivity contribution < 1.29 is 24.2 Å². The zero-order valence-electron chi connectivity index (χ0n) is 18.6. The summed E-state index contributed by atoms with van der Waals surface area (Å²) < 4.78 is 6.34. The number of benzene rings is 1. The van der Waals surface area contributed by atoms with Gasteiger partial charge in [-0.15, -0.1) is 0 Å². The number of nitrogens with one attached hydrogen (secondary N) is 2. The number of rotatable bonds is 10. The number of likely N-dealkylation sites (tertiary alicyclic amines) is 1. The molecule has 32 heavy (non-hydrogen) atoms. The van der Waals surface area contributed by atoms with Crippen molar-refractivity contribution in [3.63, 3.8) is 0 Å². The van der Waals surface area contributed by atoms with Gasteiger partial charge in [-0.25, -0.2) is 0 Å². The number of carbonyl (C=O) groups excluding carboxylic acids is 3. The first-order chi connectivity index (χ1) is 15.5. The lowest BCUT2D eigenvalue weighted by molar-refractivity contribution is -0.142. The van der Waals surface area contributed by atoms with Gasteiger partial charge in [0.1, 0.15) is 11.6 Å². The van der Waals surface area contributed by atoms with Crippen LogP contribution in [0.25, 0.3) is 0 Å². The summed E-state index contributed by atoms with van der Waals surface area (Å²) >= 11 is 0. The van der Waals surface area contributed by atoms with Crippen molar-refractivity contribution in [1.82, 2.24) is 15.5 Å². The molecule has 1 aromatic rings. The number of hydrogen-bond donors (Lipinski definition) is 3. The Kier molecular flexibility index (Phi) is 6.81. The van der Waals surface area contributed by atoms with Crippen LogP contribution >= 0.6 is 0 Å². The summed E-state index contributed by atoms with van der Waals surface area (Å²) in [6, 6.07) is 8.86. The summed E-state index contributed by atoms with van der Waals surface area (Å²) in [6.45, 7) is 3.17. The fraction of sp³-hybridized carbons (Fsp3) is 0.625. The summed E-state index contributed by atoms with van der Waals surface area (Å²) in [7, 11) is 0. The van der Waals surface area contributed by atoms with Crippen LogP contribution in [0.3, 0.4) is 0 Å². The summed E-state index contributed by atoms with van der Waals surface area (Å²) in [5.74, 6) is -1.91. The van der Waals surface area contributed by atoms with Gasteiger partial charge in [-0.3, -0.25) is 14.4 Å². The summed E-state index contributed by atoms with van der Waals surface area (Å²) in [4.78, 5) is 41.5. The van der Waals surface area contributed by atoms with E-state index in [1.807, 2.05) is 37.3 Å². The maximum absolute atomic E-state index is 13.5. The van der Waals surface area contributed by atoms with Crippen LogP contribution in [0.5, 0.6) is 0 Å². The van der Waals surface area contributed by atoms with E-state index in [2.05, 4.69) is 10.6 Å². The monoisotopic (exact) mass is 443 g/mol. The normalized spacial score (nSPS) is 30.4. The molecule has 3 aliphatic rings. The Morgan fingerprint density at radius 2 is 1.97 bits per heavy atom. The van der Waals surface area contributed by atoms with E-state index in [-0.39, 0.29) is 37.0 Å². The van der Waals surface area contributed by atoms with E-state index in [4.69, 9.17) is 4.74 Å². The van der Waals surface area contributed by atoms with Gasteiger partial charge in [0.15, 0.2) is 0 Å². The third kappa shape index (κ3) is 3.90. The second-order valence-electron chi connectivity index (χ2n) is 9.01. The molecular formula is C24H33N3O5. The van der Waals surface area contributed by atoms with Crippen LogP contribution in [0, 0.1) is 11.8 Å². The number of fused-ring (bicyclic) bond motifs is 1. The number of carbonyl (C=O) groups is 3. The average molecular weight is 444 g/mol. The van der Waals surface area contributed by atoms with E-state index in [0.717, 1.165) is 18.4 Å². The molecule has 2 unspecified atom stereocenters. The van der Waals surface area contributed by atoms with Gasteiger partial charge in [0.25, 0.3) is 0 Å². The third-order valence-corrected chi connectivity index (χ3v) is 7.05. The second kappa shape index (κ2) is 9.58. The Bertz CT molecular complexity index is 847. The molecule has 0 aromatic heterocycles. The Balaban J connectivity index is 1.55. The topological polar surface area (TPSA) is 108 Å². The van der Waals surface area contributed by atoms with Gasteiger partial charge in [-0.2, -0.15) is 0 Å².